The van der Waals surface area contributed by atoms with Crippen LogP contribution in [0.1, 0.15) is 6.85 Å². The third-order valence-corrected chi connectivity index (χ3v) is 8.75. The molecule has 3 nitrogen and oxygen atoms in total. The smallest absolute Gasteiger partial charge is 0.145 e. The number of hydrogen-bond donors (Lipinski definition) is 0. The fraction of sp³-hybridized carbons (Fsp3) is 0. The topological polar surface area (TPSA) is 30.7 Å². The van der Waals surface area contributed by atoms with E-state index in [-0.39, 0.29) is 17.8 Å². The molecule has 0 saturated heterocycles. The van der Waals surface area contributed by atoms with Crippen LogP contribution in [0.5, 0.6) is 0 Å². The number of para-hydroxylation sites is 3. The van der Waals surface area contributed by atoms with E-state index in [0.717, 1.165) is 60.6 Å². The average molecular weight is 605 g/mol. The molecular formula is C44H29N3. The van der Waals surface area contributed by atoms with E-state index >= 15 is 0 Å². The van der Waals surface area contributed by atoms with Crippen molar-refractivity contribution in [1.29, 1.82) is 0 Å². The summed E-state index contributed by atoms with van der Waals surface area (Å²) < 4.78 is 44.3. The molecule has 9 aromatic rings. The zero-order chi connectivity index (χ0) is 35.5. The van der Waals surface area contributed by atoms with E-state index in [1.807, 2.05) is 60.8 Å². The van der Waals surface area contributed by atoms with E-state index in [4.69, 9.17) is 11.8 Å². The maximum absolute atomic E-state index is 8.83. The van der Waals surface area contributed by atoms with Crippen molar-refractivity contribution in [3.05, 3.63) is 176 Å². The number of nitrogens with zero attached hydrogens (tertiary/aromatic N) is 3. The van der Waals surface area contributed by atoms with Gasteiger partial charge in [0.2, 0.25) is 0 Å². The highest BCUT2D eigenvalue weighted by atomic mass is 15.1. The van der Waals surface area contributed by atoms with E-state index in [1.165, 1.54) is 0 Å². The van der Waals surface area contributed by atoms with Crippen molar-refractivity contribution in [3.8, 4) is 50.6 Å². The van der Waals surface area contributed by atoms with Crippen molar-refractivity contribution >= 4 is 32.6 Å². The summed E-state index contributed by atoms with van der Waals surface area (Å²) in [5.41, 5.74) is 8.42. The van der Waals surface area contributed by atoms with Gasteiger partial charge in [-0.2, -0.15) is 0 Å². The Morgan fingerprint density at radius 2 is 1.09 bits per heavy atom. The van der Waals surface area contributed by atoms with Crippen LogP contribution in [-0.2, 0) is 0 Å². The second-order valence-corrected chi connectivity index (χ2v) is 11.4. The van der Waals surface area contributed by atoms with E-state index in [2.05, 4.69) is 89.9 Å². The van der Waals surface area contributed by atoms with Crippen molar-refractivity contribution < 1.29 is 6.85 Å². The number of pyridine rings is 1. The normalized spacial score (nSPS) is 12.9. The summed E-state index contributed by atoms with van der Waals surface area (Å²) in [5, 5.41) is 4.44. The standard InChI is InChI=1S/C44H29N3/c1-2-15-34(16-3-1)47-41-23-9-8-22-40(41)46-44(47)33-14-12-13-32(29-33)43-37-19-6-4-17-35(37)42(36-18-5-7-20-38(36)43)31-26-24-30(25-27-31)39-21-10-11-28-45-39/h1-29H/i1D,2D,3D,15D,16D. The van der Waals surface area contributed by atoms with Crippen LogP contribution in [0, 0.1) is 0 Å². The first-order valence-electron chi connectivity index (χ1n) is 18.0. The lowest BCUT2D eigenvalue weighted by Crippen LogP contribution is -1.97. The van der Waals surface area contributed by atoms with E-state index < -0.39 is 18.1 Å². The molecule has 9 rings (SSSR count). The van der Waals surface area contributed by atoms with Gasteiger partial charge in [-0.05, 0) is 86.2 Å². The molecule has 0 aliphatic heterocycles. The van der Waals surface area contributed by atoms with Crippen molar-refractivity contribution in [3.63, 3.8) is 0 Å². The van der Waals surface area contributed by atoms with Crippen LogP contribution in [0.4, 0.5) is 0 Å². The summed E-state index contributed by atoms with van der Waals surface area (Å²) in [6, 6.07) is 45.3. The van der Waals surface area contributed by atoms with Crippen LogP contribution >= 0.6 is 0 Å². The summed E-state index contributed by atoms with van der Waals surface area (Å²) in [7, 11) is 0. The molecule has 0 amide bonds. The lowest BCUT2D eigenvalue weighted by atomic mass is 9.85. The zero-order valence-corrected chi connectivity index (χ0v) is 25.2. The van der Waals surface area contributed by atoms with Gasteiger partial charge in [0.05, 0.1) is 23.6 Å². The minimum absolute atomic E-state index is 0.0643. The number of rotatable bonds is 5. The zero-order valence-electron chi connectivity index (χ0n) is 30.2. The molecule has 220 valence electrons. The minimum atomic E-state index is -0.432. The molecule has 0 spiro atoms. The monoisotopic (exact) mass is 604 g/mol. The van der Waals surface area contributed by atoms with Crippen LogP contribution in [0.15, 0.2) is 176 Å². The van der Waals surface area contributed by atoms with Gasteiger partial charge in [0.15, 0.2) is 0 Å². The Morgan fingerprint density at radius 1 is 0.489 bits per heavy atom. The Kier molecular flexibility index (Phi) is 5.32. The molecule has 0 fully saturated rings. The molecule has 0 unspecified atom stereocenters. The first-order chi connectivity index (χ1) is 25.4. The Hall–Kier alpha value is -6.32. The van der Waals surface area contributed by atoms with Gasteiger partial charge in [0.1, 0.15) is 5.82 Å². The van der Waals surface area contributed by atoms with Gasteiger partial charge < -0.3 is 0 Å². The van der Waals surface area contributed by atoms with Gasteiger partial charge in [-0.3, -0.25) is 9.55 Å². The fourth-order valence-electron chi connectivity index (χ4n) is 6.71. The molecule has 7 aromatic carbocycles. The lowest BCUT2D eigenvalue weighted by Gasteiger charge is -2.18. The highest BCUT2D eigenvalue weighted by Gasteiger charge is 2.19. The van der Waals surface area contributed by atoms with Gasteiger partial charge in [-0.15, -0.1) is 0 Å². The quantitative estimate of drug-likeness (QED) is 0.183. The van der Waals surface area contributed by atoms with E-state index in [0.29, 0.717) is 16.9 Å². The van der Waals surface area contributed by atoms with Crippen LogP contribution in [0.2, 0.25) is 0 Å². The first kappa shape index (κ1) is 22.2. The number of fused-ring (bicyclic) bond motifs is 3. The highest BCUT2D eigenvalue weighted by molar-refractivity contribution is 6.21. The SMILES string of the molecule is [2H]c1c([2H])c([2H])c(-n2c(-c3cccc(-c4c5ccccc5c(-c5ccc(-c6ccccn6)cc5)c5ccccc45)c3)nc3ccccc32)c([2H])c1[2H]. The van der Waals surface area contributed by atoms with Gasteiger partial charge >= 0.3 is 0 Å². The average Bonchev–Trinajstić information content (AvgIpc) is 3.58. The number of imidazole rings is 1. The summed E-state index contributed by atoms with van der Waals surface area (Å²) in [6.07, 6.45) is 1.81. The Morgan fingerprint density at radius 3 is 1.77 bits per heavy atom. The first-order valence-corrected chi connectivity index (χ1v) is 15.5. The van der Waals surface area contributed by atoms with E-state index in [1.54, 1.807) is 4.57 Å². The van der Waals surface area contributed by atoms with Gasteiger partial charge in [0.25, 0.3) is 0 Å². The van der Waals surface area contributed by atoms with Crippen LogP contribution in [0.25, 0.3) is 83.2 Å². The number of hydrogen-bond acceptors (Lipinski definition) is 2. The Balaban J connectivity index is 1.27. The molecule has 3 heteroatoms. The molecule has 0 aliphatic carbocycles. The molecule has 0 radical (unpaired) electrons. The summed E-state index contributed by atoms with van der Waals surface area (Å²) in [6.45, 7) is 0. The second kappa shape index (κ2) is 11.2. The van der Waals surface area contributed by atoms with Gasteiger partial charge in [0, 0.05) is 23.0 Å². The number of aromatic nitrogens is 3. The second-order valence-electron chi connectivity index (χ2n) is 11.4. The summed E-state index contributed by atoms with van der Waals surface area (Å²) in [5.74, 6) is 0.486. The lowest BCUT2D eigenvalue weighted by molar-refractivity contribution is 1.10. The van der Waals surface area contributed by atoms with Crippen molar-refractivity contribution in [2.75, 3.05) is 0 Å². The van der Waals surface area contributed by atoms with E-state index in [9.17, 15) is 0 Å². The third kappa shape index (κ3) is 4.60. The molecule has 0 bridgehead atoms. The molecule has 47 heavy (non-hydrogen) atoms. The van der Waals surface area contributed by atoms with Gasteiger partial charge in [-0.1, -0.05) is 127 Å². The van der Waals surface area contributed by atoms with Crippen LogP contribution < -0.4 is 0 Å². The Labute approximate surface area is 280 Å². The predicted molar refractivity (Wildman–Crippen MR) is 196 cm³/mol. The summed E-state index contributed by atoms with van der Waals surface area (Å²) in [4.78, 5) is 9.52. The molecule has 2 aromatic heterocycles. The van der Waals surface area contributed by atoms with Crippen molar-refractivity contribution in [2.45, 2.75) is 0 Å². The summed E-state index contributed by atoms with van der Waals surface area (Å²) >= 11 is 0. The van der Waals surface area contributed by atoms with Crippen LogP contribution in [0.3, 0.4) is 0 Å². The molecule has 0 aliphatic rings. The van der Waals surface area contributed by atoms with Gasteiger partial charge in [-0.25, -0.2) is 4.98 Å². The predicted octanol–water partition coefficient (Wildman–Crippen LogP) is 11.4. The molecular weight excluding hydrogens is 571 g/mol. The third-order valence-electron chi connectivity index (χ3n) is 8.75. The molecule has 2 heterocycles. The van der Waals surface area contributed by atoms with Crippen molar-refractivity contribution in [1.82, 2.24) is 14.5 Å². The largest absolute Gasteiger partial charge is 0.292 e. The molecule has 0 N–H and O–H groups in total. The fourth-order valence-corrected chi connectivity index (χ4v) is 6.71. The van der Waals surface area contributed by atoms with Crippen LogP contribution in [-0.4, -0.2) is 14.5 Å². The Bertz CT molecular complexity index is 2760. The maximum atomic E-state index is 8.83. The number of benzene rings is 7. The van der Waals surface area contributed by atoms with Crippen molar-refractivity contribution in [2.24, 2.45) is 0 Å². The minimum Gasteiger partial charge on any atom is -0.292 e. The molecule has 0 saturated carbocycles. The highest BCUT2D eigenvalue weighted by Crippen LogP contribution is 2.44. The molecule has 0 atom stereocenters. The maximum Gasteiger partial charge on any atom is 0.145 e.